The van der Waals surface area contributed by atoms with Crippen LogP contribution in [0.4, 0.5) is 0 Å². The van der Waals surface area contributed by atoms with Crippen LogP contribution in [0.25, 0.3) is 0 Å². The fraction of sp³-hybridized carbons (Fsp3) is 0.714. The van der Waals surface area contributed by atoms with Crippen molar-refractivity contribution in [1.82, 2.24) is 0 Å². The van der Waals surface area contributed by atoms with Gasteiger partial charge in [0.1, 0.15) is 6.61 Å². The summed E-state index contributed by atoms with van der Waals surface area (Å²) < 4.78 is 32.5. The van der Waals surface area contributed by atoms with E-state index in [9.17, 15) is 19.0 Å². The molecule has 0 aromatic rings. The van der Waals surface area contributed by atoms with Crippen LogP contribution in [0.2, 0.25) is 0 Å². The SMILES string of the molecule is CC/C=C\C/C=C\C/C=C\C/C=C\C/C=C\CCCC(=O)OC(COC(=O)CCCCCCCCCCCCCCCC)COP(=O)(O)OCC. The Morgan fingerprint density at radius 1 is 0.549 bits per heavy atom. The number of rotatable bonds is 36. The van der Waals surface area contributed by atoms with Gasteiger partial charge < -0.3 is 14.4 Å². The van der Waals surface area contributed by atoms with Crippen LogP contribution in [0.1, 0.15) is 168 Å². The molecular weight excluding hydrogens is 663 g/mol. The van der Waals surface area contributed by atoms with Gasteiger partial charge in [-0.2, -0.15) is 0 Å². The van der Waals surface area contributed by atoms with Gasteiger partial charge in [-0.25, -0.2) is 4.57 Å². The molecule has 9 heteroatoms. The van der Waals surface area contributed by atoms with Crippen molar-refractivity contribution in [3.05, 3.63) is 60.8 Å². The van der Waals surface area contributed by atoms with Gasteiger partial charge >= 0.3 is 19.8 Å². The van der Waals surface area contributed by atoms with Crippen molar-refractivity contribution >= 4 is 19.8 Å². The first-order valence-electron chi connectivity index (χ1n) is 20.1. The Bertz CT molecular complexity index is 1020. The van der Waals surface area contributed by atoms with Gasteiger partial charge in [0, 0.05) is 12.8 Å². The first-order chi connectivity index (χ1) is 24.8. The van der Waals surface area contributed by atoms with Crippen molar-refractivity contribution in [2.75, 3.05) is 19.8 Å². The third kappa shape index (κ3) is 37.3. The average Bonchev–Trinajstić information content (AvgIpc) is 3.10. The molecule has 0 saturated carbocycles. The van der Waals surface area contributed by atoms with E-state index in [0.29, 0.717) is 12.8 Å². The van der Waals surface area contributed by atoms with E-state index in [4.69, 9.17) is 18.5 Å². The van der Waals surface area contributed by atoms with Gasteiger partial charge in [0.05, 0.1) is 13.2 Å². The van der Waals surface area contributed by atoms with Gasteiger partial charge in [0.25, 0.3) is 0 Å². The molecule has 0 aromatic carbocycles. The average molecular weight is 737 g/mol. The Hall–Kier alpha value is -2.25. The summed E-state index contributed by atoms with van der Waals surface area (Å²) in [4.78, 5) is 34.6. The van der Waals surface area contributed by atoms with Crippen LogP contribution < -0.4 is 0 Å². The second kappa shape index (κ2) is 37.5. The van der Waals surface area contributed by atoms with Crippen LogP contribution in [-0.4, -0.2) is 42.8 Å². The van der Waals surface area contributed by atoms with Crippen molar-refractivity contribution in [2.24, 2.45) is 0 Å². The van der Waals surface area contributed by atoms with E-state index in [1.807, 2.05) is 6.08 Å². The number of carbonyl (C=O) groups excluding carboxylic acids is 2. The molecule has 0 bridgehead atoms. The van der Waals surface area contributed by atoms with Crippen LogP contribution in [0, 0.1) is 0 Å². The van der Waals surface area contributed by atoms with Gasteiger partial charge in [-0.3, -0.25) is 18.6 Å². The lowest BCUT2D eigenvalue weighted by atomic mass is 10.0. The quantitative estimate of drug-likeness (QED) is 0.0293. The number of ether oxygens (including phenoxy) is 2. The summed E-state index contributed by atoms with van der Waals surface area (Å²) in [7, 11) is -4.29. The molecule has 0 aliphatic rings. The third-order valence-electron chi connectivity index (χ3n) is 8.09. The van der Waals surface area contributed by atoms with E-state index in [2.05, 4.69) is 68.5 Å². The maximum absolute atomic E-state index is 12.5. The zero-order valence-electron chi connectivity index (χ0n) is 32.5. The Kier molecular flexibility index (Phi) is 35.9. The Labute approximate surface area is 311 Å². The molecule has 0 saturated heterocycles. The largest absolute Gasteiger partial charge is 0.472 e. The molecular formula is C42H73O8P. The zero-order chi connectivity index (χ0) is 37.5. The summed E-state index contributed by atoms with van der Waals surface area (Å²) in [5.41, 5.74) is 0. The van der Waals surface area contributed by atoms with Gasteiger partial charge in [-0.05, 0) is 58.3 Å². The smallest absolute Gasteiger partial charge is 0.462 e. The van der Waals surface area contributed by atoms with Gasteiger partial charge in [0.15, 0.2) is 6.10 Å². The van der Waals surface area contributed by atoms with Crippen molar-refractivity contribution < 1.29 is 37.6 Å². The van der Waals surface area contributed by atoms with E-state index in [1.165, 1.54) is 70.6 Å². The molecule has 0 heterocycles. The standard InChI is InChI=1S/C42H73O8P/c1-4-7-9-11-13-15-17-19-21-22-23-25-27-29-31-33-35-37-42(44)50-40(39-49-51(45,46)48-6-3)38-47-41(43)36-34-32-30-28-26-24-20-18-16-14-12-10-8-5-2/h7,9,13,15,19,21,23,25,29,31,40H,4-6,8,10-12,14,16-18,20,22,24,26-28,30,32-39H2,1-3H3,(H,45,46)/b9-7-,15-13-,21-19-,25-23-,31-29-. The van der Waals surface area contributed by atoms with E-state index in [1.54, 1.807) is 6.92 Å². The lowest BCUT2D eigenvalue weighted by Gasteiger charge is -2.19. The highest BCUT2D eigenvalue weighted by Gasteiger charge is 2.25. The van der Waals surface area contributed by atoms with Crippen molar-refractivity contribution in [2.45, 2.75) is 175 Å². The van der Waals surface area contributed by atoms with Crippen LogP contribution in [0.3, 0.4) is 0 Å². The molecule has 0 fully saturated rings. The predicted octanol–water partition coefficient (Wildman–Crippen LogP) is 12.4. The number of hydrogen-bond acceptors (Lipinski definition) is 7. The fourth-order valence-corrected chi connectivity index (χ4v) is 5.95. The molecule has 0 radical (unpaired) electrons. The Morgan fingerprint density at radius 2 is 1.00 bits per heavy atom. The summed E-state index contributed by atoms with van der Waals surface area (Å²) in [6.45, 7) is 5.28. The number of hydrogen-bond donors (Lipinski definition) is 1. The first kappa shape index (κ1) is 48.8. The second-order valence-corrected chi connectivity index (χ2v) is 14.4. The monoisotopic (exact) mass is 737 g/mol. The number of phosphoric acid groups is 1. The van der Waals surface area contributed by atoms with Gasteiger partial charge in [0.2, 0.25) is 0 Å². The zero-order valence-corrected chi connectivity index (χ0v) is 33.4. The molecule has 51 heavy (non-hydrogen) atoms. The van der Waals surface area contributed by atoms with Crippen LogP contribution in [-0.2, 0) is 32.7 Å². The van der Waals surface area contributed by atoms with Crippen LogP contribution >= 0.6 is 7.82 Å². The van der Waals surface area contributed by atoms with Crippen LogP contribution in [0.15, 0.2) is 60.8 Å². The highest BCUT2D eigenvalue weighted by atomic mass is 31.2. The summed E-state index contributed by atoms with van der Waals surface area (Å²) in [6, 6.07) is 0. The molecule has 0 rings (SSSR count). The van der Waals surface area contributed by atoms with Crippen molar-refractivity contribution in [3.63, 3.8) is 0 Å². The van der Waals surface area contributed by atoms with Crippen molar-refractivity contribution in [3.8, 4) is 0 Å². The molecule has 0 spiro atoms. The minimum absolute atomic E-state index is 0.0117. The number of unbranched alkanes of at least 4 members (excludes halogenated alkanes) is 14. The molecule has 0 amide bonds. The topological polar surface area (TPSA) is 108 Å². The number of carbonyl (C=O) groups is 2. The molecule has 2 unspecified atom stereocenters. The van der Waals surface area contributed by atoms with Crippen LogP contribution in [0.5, 0.6) is 0 Å². The van der Waals surface area contributed by atoms with E-state index in [0.717, 1.165) is 51.4 Å². The predicted molar refractivity (Wildman–Crippen MR) is 211 cm³/mol. The molecule has 0 aromatic heterocycles. The number of esters is 2. The lowest BCUT2D eigenvalue weighted by Crippen LogP contribution is -2.29. The molecule has 0 aliphatic heterocycles. The summed E-state index contributed by atoms with van der Waals surface area (Å²) in [5.74, 6) is -0.867. The minimum atomic E-state index is -4.29. The molecule has 294 valence electrons. The summed E-state index contributed by atoms with van der Waals surface area (Å²) >= 11 is 0. The second-order valence-electron chi connectivity index (χ2n) is 12.9. The molecule has 8 nitrogen and oxygen atoms in total. The molecule has 0 aliphatic carbocycles. The fourth-order valence-electron chi connectivity index (χ4n) is 5.19. The maximum Gasteiger partial charge on any atom is 0.472 e. The lowest BCUT2D eigenvalue weighted by molar-refractivity contribution is -0.161. The number of allylic oxidation sites excluding steroid dienone is 10. The highest BCUT2D eigenvalue weighted by Crippen LogP contribution is 2.43. The molecule has 1 N–H and O–H groups in total. The van der Waals surface area contributed by atoms with E-state index >= 15 is 0 Å². The summed E-state index contributed by atoms with van der Waals surface area (Å²) in [6.07, 6.45) is 44.2. The Morgan fingerprint density at radius 3 is 1.49 bits per heavy atom. The van der Waals surface area contributed by atoms with Crippen molar-refractivity contribution in [1.29, 1.82) is 0 Å². The Balaban J connectivity index is 4.23. The van der Waals surface area contributed by atoms with Gasteiger partial charge in [-0.15, -0.1) is 0 Å². The maximum atomic E-state index is 12.5. The number of phosphoric ester groups is 1. The highest BCUT2D eigenvalue weighted by molar-refractivity contribution is 7.47. The van der Waals surface area contributed by atoms with E-state index in [-0.39, 0.29) is 32.0 Å². The normalized spacial score (nSPS) is 14.0. The van der Waals surface area contributed by atoms with Gasteiger partial charge in [-0.1, -0.05) is 158 Å². The summed E-state index contributed by atoms with van der Waals surface area (Å²) in [5, 5.41) is 0. The third-order valence-corrected chi connectivity index (χ3v) is 9.15. The first-order valence-corrected chi connectivity index (χ1v) is 21.6. The minimum Gasteiger partial charge on any atom is -0.462 e. The molecule has 2 atom stereocenters. The van der Waals surface area contributed by atoms with E-state index < -0.39 is 26.5 Å².